The van der Waals surface area contributed by atoms with Crippen molar-refractivity contribution < 1.29 is 0 Å². The maximum Gasteiger partial charge on any atom is 0.0967 e. The van der Waals surface area contributed by atoms with Crippen LogP contribution in [0.3, 0.4) is 0 Å². The molecule has 0 spiro atoms. The molecule has 2 aromatic heterocycles. The number of aryl methyl sites for hydroxylation is 2. The Hall–Kier alpha value is -1.55. The average molecular weight is 216 g/mol. The summed E-state index contributed by atoms with van der Waals surface area (Å²) in [4.78, 5) is 0. The van der Waals surface area contributed by atoms with E-state index in [1.165, 1.54) is 16.8 Å². The summed E-state index contributed by atoms with van der Waals surface area (Å²) in [5, 5.41) is 7.89. The van der Waals surface area contributed by atoms with Crippen molar-refractivity contribution in [3.63, 3.8) is 0 Å². The normalized spacial score (nSPS) is 15.1. The molecule has 1 N–H and O–H groups in total. The summed E-state index contributed by atoms with van der Waals surface area (Å²) >= 11 is 0. The Morgan fingerprint density at radius 3 is 2.94 bits per heavy atom. The average Bonchev–Trinajstić information content (AvgIpc) is 2.81. The molecule has 0 unspecified atom stereocenters. The van der Waals surface area contributed by atoms with Gasteiger partial charge in [-0.1, -0.05) is 0 Å². The lowest BCUT2D eigenvalue weighted by Crippen LogP contribution is -2.27. The quantitative estimate of drug-likeness (QED) is 0.779. The minimum absolute atomic E-state index is 0.964. The number of nitrogens with zero attached hydrogens (tertiary/aromatic N) is 3. The lowest BCUT2D eigenvalue weighted by molar-refractivity contribution is 0.517. The van der Waals surface area contributed by atoms with Crippen LogP contribution in [0.15, 0.2) is 18.5 Å². The van der Waals surface area contributed by atoms with Crippen LogP contribution in [0.25, 0.3) is 11.3 Å². The van der Waals surface area contributed by atoms with Crippen LogP contribution in [0.1, 0.15) is 11.3 Å². The second-order valence-corrected chi connectivity index (χ2v) is 4.42. The Labute approximate surface area is 94.9 Å². The first-order valence-corrected chi connectivity index (χ1v) is 5.64. The summed E-state index contributed by atoms with van der Waals surface area (Å²) in [5.74, 6) is 0. The fourth-order valence-corrected chi connectivity index (χ4v) is 2.35. The number of aromatic nitrogens is 3. The van der Waals surface area contributed by atoms with Gasteiger partial charge in [0.1, 0.15) is 0 Å². The molecule has 0 saturated carbocycles. The van der Waals surface area contributed by atoms with Crippen molar-refractivity contribution in [2.45, 2.75) is 20.0 Å². The monoisotopic (exact) mass is 216 g/mol. The zero-order chi connectivity index (χ0) is 11.1. The minimum Gasteiger partial charge on any atom is -0.348 e. The van der Waals surface area contributed by atoms with E-state index in [0.29, 0.717) is 0 Å². The molecule has 84 valence electrons. The highest BCUT2D eigenvalue weighted by Gasteiger charge is 2.13. The maximum atomic E-state index is 4.51. The number of hydrogen-bond acceptors (Lipinski definition) is 2. The molecule has 4 heteroatoms. The van der Waals surface area contributed by atoms with Crippen molar-refractivity contribution in [1.29, 1.82) is 0 Å². The summed E-state index contributed by atoms with van der Waals surface area (Å²) in [5.41, 5.74) is 4.92. The van der Waals surface area contributed by atoms with Gasteiger partial charge in [-0.05, 0) is 18.6 Å². The van der Waals surface area contributed by atoms with Gasteiger partial charge in [0.05, 0.1) is 5.69 Å². The summed E-state index contributed by atoms with van der Waals surface area (Å²) in [6.45, 7) is 5.19. The highest BCUT2D eigenvalue weighted by Crippen LogP contribution is 2.24. The van der Waals surface area contributed by atoms with Crippen LogP contribution >= 0.6 is 0 Å². The SMILES string of the molecule is Cc1cn(C)nc1-c1cc2n(c1)CCNC2. The van der Waals surface area contributed by atoms with Crippen LogP contribution in [0.5, 0.6) is 0 Å². The standard InChI is InChI=1S/C12H16N4/c1-9-7-15(2)14-12(9)10-5-11-6-13-3-4-16(11)8-10/h5,7-8,13H,3-4,6H2,1-2H3. The maximum absolute atomic E-state index is 4.51. The van der Waals surface area contributed by atoms with Crippen molar-refractivity contribution in [3.8, 4) is 11.3 Å². The van der Waals surface area contributed by atoms with Crippen LogP contribution in [-0.4, -0.2) is 20.9 Å². The second-order valence-electron chi connectivity index (χ2n) is 4.42. The van der Waals surface area contributed by atoms with Gasteiger partial charge in [0.2, 0.25) is 0 Å². The molecule has 3 rings (SSSR count). The Bertz CT molecular complexity index is 498. The van der Waals surface area contributed by atoms with Crippen molar-refractivity contribution in [1.82, 2.24) is 19.7 Å². The third-order valence-electron chi connectivity index (χ3n) is 3.11. The molecule has 0 atom stereocenters. The van der Waals surface area contributed by atoms with Gasteiger partial charge in [0.15, 0.2) is 0 Å². The predicted molar refractivity (Wildman–Crippen MR) is 63.1 cm³/mol. The lowest BCUT2D eigenvalue weighted by Gasteiger charge is -2.15. The smallest absolute Gasteiger partial charge is 0.0967 e. The minimum atomic E-state index is 0.964. The van der Waals surface area contributed by atoms with Crippen molar-refractivity contribution >= 4 is 0 Å². The Kier molecular flexibility index (Phi) is 2.11. The first-order valence-electron chi connectivity index (χ1n) is 5.64. The summed E-state index contributed by atoms with van der Waals surface area (Å²) in [7, 11) is 1.97. The van der Waals surface area contributed by atoms with E-state index in [4.69, 9.17) is 0 Å². The zero-order valence-electron chi connectivity index (χ0n) is 9.70. The summed E-state index contributed by atoms with van der Waals surface area (Å²) < 4.78 is 4.19. The van der Waals surface area contributed by atoms with Crippen molar-refractivity contribution in [2.75, 3.05) is 6.54 Å². The predicted octanol–water partition coefficient (Wildman–Crippen LogP) is 1.30. The van der Waals surface area contributed by atoms with Crippen LogP contribution < -0.4 is 5.32 Å². The molecule has 0 saturated heterocycles. The first kappa shape index (κ1) is 9.66. The number of rotatable bonds is 1. The van der Waals surface area contributed by atoms with Gasteiger partial charge >= 0.3 is 0 Å². The number of hydrogen-bond donors (Lipinski definition) is 1. The zero-order valence-corrected chi connectivity index (χ0v) is 9.70. The molecule has 0 amide bonds. The molecule has 0 aromatic carbocycles. The van der Waals surface area contributed by atoms with Gasteiger partial charge in [-0.15, -0.1) is 0 Å². The third-order valence-corrected chi connectivity index (χ3v) is 3.11. The summed E-state index contributed by atoms with van der Waals surface area (Å²) in [6, 6.07) is 2.24. The number of nitrogens with one attached hydrogen (secondary N) is 1. The van der Waals surface area contributed by atoms with Gasteiger partial charge in [0.25, 0.3) is 0 Å². The molecule has 16 heavy (non-hydrogen) atoms. The van der Waals surface area contributed by atoms with E-state index in [9.17, 15) is 0 Å². The summed E-state index contributed by atoms with van der Waals surface area (Å²) in [6.07, 6.45) is 4.27. The molecule has 2 aromatic rings. The van der Waals surface area contributed by atoms with E-state index in [-0.39, 0.29) is 0 Å². The van der Waals surface area contributed by atoms with Gasteiger partial charge in [0, 0.05) is 50.3 Å². The van der Waals surface area contributed by atoms with Gasteiger partial charge < -0.3 is 9.88 Å². The molecule has 4 nitrogen and oxygen atoms in total. The Balaban J connectivity index is 2.06. The third kappa shape index (κ3) is 1.46. The van der Waals surface area contributed by atoms with Crippen LogP contribution in [0, 0.1) is 6.92 Å². The van der Waals surface area contributed by atoms with Gasteiger partial charge in [-0.2, -0.15) is 5.10 Å². The molecule has 1 aliphatic heterocycles. The fraction of sp³-hybridized carbons (Fsp3) is 0.417. The first-order chi connectivity index (χ1) is 7.74. The van der Waals surface area contributed by atoms with E-state index in [1.54, 1.807) is 0 Å². The molecule has 0 fully saturated rings. The van der Waals surface area contributed by atoms with Crippen molar-refractivity contribution in [2.24, 2.45) is 7.05 Å². The largest absolute Gasteiger partial charge is 0.348 e. The Morgan fingerprint density at radius 1 is 1.38 bits per heavy atom. The van der Waals surface area contributed by atoms with Crippen molar-refractivity contribution in [3.05, 3.63) is 29.7 Å². The van der Waals surface area contributed by atoms with E-state index < -0.39 is 0 Å². The molecule has 0 radical (unpaired) electrons. The van der Waals surface area contributed by atoms with Crippen LogP contribution in [0.4, 0.5) is 0 Å². The van der Waals surface area contributed by atoms with Crippen LogP contribution in [-0.2, 0) is 20.1 Å². The van der Waals surface area contributed by atoms with E-state index in [1.807, 2.05) is 11.7 Å². The fourth-order valence-electron chi connectivity index (χ4n) is 2.35. The van der Waals surface area contributed by atoms with E-state index >= 15 is 0 Å². The number of fused-ring (bicyclic) bond motifs is 1. The van der Waals surface area contributed by atoms with E-state index in [0.717, 1.165) is 25.3 Å². The molecular formula is C12H16N4. The van der Waals surface area contributed by atoms with Gasteiger partial charge in [-0.3, -0.25) is 4.68 Å². The molecule has 0 aliphatic carbocycles. The lowest BCUT2D eigenvalue weighted by atomic mass is 10.1. The highest BCUT2D eigenvalue weighted by atomic mass is 15.3. The Morgan fingerprint density at radius 2 is 2.25 bits per heavy atom. The van der Waals surface area contributed by atoms with E-state index in [2.05, 4.69) is 40.4 Å². The topological polar surface area (TPSA) is 34.8 Å². The second kappa shape index (κ2) is 3.49. The van der Waals surface area contributed by atoms with Gasteiger partial charge in [-0.25, -0.2) is 0 Å². The molecular weight excluding hydrogens is 200 g/mol. The van der Waals surface area contributed by atoms with Crippen LogP contribution in [0.2, 0.25) is 0 Å². The highest BCUT2D eigenvalue weighted by molar-refractivity contribution is 5.62. The molecule has 1 aliphatic rings. The molecule has 3 heterocycles. The molecule has 0 bridgehead atoms.